The van der Waals surface area contributed by atoms with Crippen molar-refractivity contribution in [1.82, 2.24) is 45.6 Å². The lowest BCUT2D eigenvalue weighted by atomic mass is 9.83. The normalized spacial score (nSPS) is 19.8. The third-order valence-electron chi connectivity index (χ3n) is 23.5. The van der Waals surface area contributed by atoms with E-state index in [1.54, 1.807) is 90.3 Å². The number of allylic oxidation sites excluding steroid dienone is 1. The number of imide groups is 1. The van der Waals surface area contributed by atoms with Gasteiger partial charge in [0.05, 0.1) is 93.1 Å². The number of nitrogens with zero attached hydrogens (tertiary/aromatic N) is 5. The first-order chi connectivity index (χ1) is 56.0. The Hall–Kier alpha value is -10.8. The summed E-state index contributed by atoms with van der Waals surface area (Å²) in [5.41, 5.74) is 7.68. The fourth-order valence-corrected chi connectivity index (χ4v) is 16.9. The third kappa shape index (κ3) is 17.2. The van der Waals surface area contributed by atoms with Gasteiger partial charge in [0, 0.05) is 102 Å². The van der Waals surface area contributed by atoms with Gasteiger partial charge in [0.25, 0.3) is 17.4 Å². The smallest absolute Gasteiger partial charge is 0.343 e. The Morgan fingerprint density at radius 1 is 0.564 bits per heavy atom. The zero-order chi connectivity index (χ0) is 83.5. The topological polar surface area (TPSA) is 427 Å². The maximum absolute atomic E-state index is 13.9. The molecule has 1 unspecified atom stereocenters. The van der Waals surface area contributed by atoms with Gasteiger partial charge >= 0.3 is 11.9 Å². The summed E-state index contributed by atoms with van der Waals surface area (Å²) in [6.45, 7) is 13.9. The van der Waals surface area contributed by atoms with Crippen molar-refractivity contribution in [3.05, 3.63) is 120 Å². The Morgan fingerprint density at radius 3 is 1.59 bits per heavy atom. The first-order valence-corrected chi connectivity index (χ1v) is 40.5. The predicted molar refractivity (Wildman–Crippen MR) is 424 cm³/mol. The van der Waals surface area contributed by atoms with Gasteiger partial charge < -0.3 is 80.0 Å². The number of amides is 9. The maximum atomic E-state index is 13.9. The zero-order valence-electron chi connectivity index (χ0n) is 67.1. The number of cyclic esters (lactones) is 2. The van der Waals surface area contributed by atoms with E-state index in [4.69, 9.17) is 38.4 Å². The monoisotopic (exact) mass is 1610 g/mol. The number of ketones is 1. The molecule has 4 aliphatic heterocycles. The van der Waals surface area contributed by atoms with Crippen LogP contribution in [0.25, 0.3) is 38.8 Å². The van der Waals surface area contributed by atoms with Crippen molar-refractivity contribution in [1.29, 1.82) is 0 Å². The average molecular weight is 1610 g/mol. The number of pyridine rings is 3. The number of hydrogen-bond donors (Lipinski definition) is 8. The molecule has 3 aromatic heterocycles. The summed E-state index contributed by atoms with van der Waals surface area (Å²) in [5.74, 6) is -7.11. The van der Waals surface area contributed by atoms with Crippen LogP contribution in [0, 0.1) is 17.8 Å². The maximum Gasteiger partial charge on any atom is 0.343 e. The van der Waals surface area contributed by atoms with Crippen molar-refractivity contribution in [3.63, 3.8) is 0 Å². The molecule has 13 rings (SSSR count). The van der Waals surface area contributed by atoms with Gasteiger partial charge in [-0.2, -0.15) is 0 Å². The second kappa shape index (κ2) is 35.6. The minimum atomic E-state index is -1.96. The molecule has 5 aromatic rings. The number of carbonyl (C=O) groups is 12. The number of anilines is 2. The lowest BCUT2D eigenvalue weighted by Crippen LogP contribution is -2.53. The van der Waals surface area contributed by atoms with E-state index in [-0.39, 0.29) is 182 Å². The molecular formula is C85H101N11O21. The van der Waals surface area contributed by atoms with Gasteiger partial charge in [-0.05, 0) is 159 Å². The summed E-state index contributed by atoms with van der Waals surface area (Å²) in [4.78, 5) is 185. The van der Waals surface area contributed by atoms with Crippen molar-refractivity contribution in [2.24, 2.45) is 17.8 Å². The first-order valence-electron chi connectivity index (χ1n) is 40.5. The van der Waals surface area contributed by atoms with E-state index in [0.717, 1.165) is 91.7 Å². The van der Waals surface area contributed by atoms with Crippen molar-refractivity contribution in [2.75, 3.05) is 89.7 Å². The number of aromatic nitrogens is 3. The number of ether oxygens (including phenoxy) is 6. The number of hydrogen-bond acceptors (Lipinski definition) is 23. The summed E-state index contributed by atoms with van der Waals surface area (Å²) in [6, 6.07) is 4.86. The standard InChI is InChI=1S/C85H101N11O21/c1-9-84(110)58-39-53-48(38-65(97)56(58)42-116-82(84)108)37-54-49-13-11-15-51-60(17-19-62(71(49)51)88-75(53)54)90-77(103)46(7)86-79(105)73(44(3)4)92-66(98)24-29-112-33-35-114-31-27-94(68(100)23-26-95-69(101)21-22-70(95)102)28-32-115-36-34-113-30-25-67(99)93-74(45(5)6)80(106)87-47(8)78(104)91-61-18-20-63-72-50(14-12-16-52(61)72)55-41-96-64(76(55)89-63)40-59-57(81(96)107)43-117-83(109)85(59,111)10-2/h17-22,39-40,44-48,73-74,110-111H,9-16,23-38,41-43H2,1-8H3,(H,86,105)(H,87,106)(H,90,103)(H,91,104)(H,92,98)(H,93,99)/t46-,47-,48?,73-,74-,84-,85-/m0/s1. The highest BCUT2D eigenvalue weighted by molar-refractivity contribution is 6.13. The highest BCUT2D eigenvalue weighted by Crippen LogP contribution is 2.50. The summed E-state index contributed by atoms with van der Waals surface area (Å²) >= 11 is 0. The SMILES string of the molecule is CC[C@@]1(O)C(=O)OCC2=C1C=C1c3nc4ccc(NC(=O)[C@H](C)NC(=O)[C@@H](NC(=O)CCOCCOCCN(CCOCCOCCC(=O)N[C@H](C(=O)N[C@@H](C)C(=O)Nc5ccc6nc7c(c8c6c5CCC8)Cn5c-7cc6c(c5=O)COC(=O)[C@]6(O)CC)C(C)C)C(=O)CCN5C(=O)C=CC5=O)C(C)C)c5c4c(c3CC1CC2=O)CCC5. The molecule has 4 aliphatic carbocycles. The van der Waals surface area contributed by atoms with Crippen molar-refractivity contribution in [3.8, 4) is 11.4 Å². The molecule has 7 atom stereocenters. The second-order valence-corrected chi connectivity index (χ2v) is 31.7. The summed E-state index contributed by atoms with van der Waals surface area (Å²) in [5, 5.41) is 41.8. The molecule has 0 bridgehead atoms. The fraction of sp³-hybridized carbons (Fsp3) is 0.518. The number of aryl methyl sites for hydroxylation is 4. The van der Waals surface area contributed by atoms with Crippen LogP contribution in [-0.4, -0.2) is 214 Å². The van der Waals surface area contributed by atoms with Gasteiger partial charge in [0.1, 0.15) is 37.4 Å². The number of nitrogens with one attached hydrogen (secondary N) is 6. The molecule has 622 valence electrons. The van der Waals surface area contributed by atoms with Crippen molar-refractivity contribution in [2.45, 2.75) is 187 Å². The number of benzene rings is 2. The molecule has 32 nitrogen and oxygen atoms in total. The molecule has 0 fully saturated rings. The van der Waals surface area contributed by atoms with Crippen LogP contribution in [-0.2, 0) is 137 Å². The molecule has 2 aromatic carbocycles. The molecule has 0 spiro atoms. The minimum Gasteiger partial charge on any atom is -0.458 e. The molecule has 32 heteroatoms. The Bertz CT molecular complexity index is 5060. The fourth-order valence-electron chi connectivity index (χ4n) is 16.9. The highest BCUT2D eigenvalue weighted by atomic mass is 16.6. The largest absolute Gasteiger partial charge is 0.458 e. The van der Waals surface area contributed by atoms with Crippen LogP contribution in [0.4, 0.5) is 11.4 Å². The van der Waals surface area contributed by atoms with Gasteiger partial charge in [0.15, 0.2) is 17.0 Å². The van der Waals surface area contributed by atoms with Gasteiger partial charge in [-0.3, -0.25) is 57.6 Å². The second-order valence-electron chi connectivity index (χ2n) is 31.7. The van der Waals surface area contributed by atoms with Gasteiger partial charge in [-0.1, -0.05) is 41.5 Å². The first kappa shape index (κ1) is 84.2. The van der Waals surface area contributed by atoms with Crippen LogP contribution in [0.2, 0.25) is 0 Å². The predicted octanol–water partition coefficient (Wildman–Crippen LogP) is 3.99. The molecule has 0 saturated carbocycles. The van der Waals surface area contributed by atoms with Crippen LogP contribution in [0.15, 0.2) is 64.5 Å². The molecule has 8 aliphatic rings. The molecule has 9 amide bonds. The van der Waals surface area contributed by atoms with Crippen LogP contribution in [0.3, 0.4) is 0 Å². The van der Waals surface area contributed by atoms with Crippen LogP contribution in [0.5, 0.6) is 0 Å². The third-order valence-corrected chi connectivity index (χ3v) is 23.5. The summed E-state index contributed by atoms with van der Waals surface area (Å²) in [6.07, 6.45) is 8.77. The van der Waals surface area contributed by atoms with Crippen LogP contribution < -0.4 is 37.5 Å². The number of carbonyl (C=O) groups excluding carboxylic acids is 12. The van der Waals surface area contributed by atoms with Gasteiger partial charge in [0.2, 0.25) is 41.4 Å². The van der Waals surface area contributed by atoms with E-state index in [2.05, 4.69) is 31.9 Å². The highest BCUT2D eigenvalue weighted by Gasteiger charge is 2.50. The summed E-state index contributed by atoms with van der Waals surface area (Å²) < 4.78 is 35.1. The number of rotatable bonds is 35. The Kier molecular flexibility index (Phi) is 25.6. The Morgan fingerprint density at radius 2 is 1.06 bits per heavy atom. The van der Waals surface area contributed by atoms with Crippen LogP contribution >= 0.6 is 0 Å². The molecule has 0 radical (unpaired) electrons. The number of esters is 2. The average Bonchev–Trinajstić information content (AvgIpc) is 1.60. The van der Waals surface area contributed by atoms with Crippen molar-refractivity contribution < 1.29 is 96.2 Å². The number of Topliss-reactive ketones (excluding diaryl/α,β-unsaturated/α-hetero) is 1. The number of fused-ring (bicyclic) bond motifs is 9. The van der Waals surface area contributed by atoms with Crippen molar-refractivity contribution >= 4 is 110 Å². The van der Waals surface area contributed by atoms with E-state index < -0.39 is 94.6 Å². The quantitative estimate of drug-likeness (QED) is 0.0158. The Labute approximate surface area is 674 Å². The van der Waals surface area contributed by atoms with E-state index in [1.165, 1.54) is 4.90 Å². The molecule has 117 heavy (non-hydrogen) atoms. The zero-order valence-corrected chi connectivity index (χ0v) is 67.1. The van der Waals surface area contributed by atoms with Gasteiger partial charge in [-0.15, -0.1) is 0 Å². The lowest BCUT2D eigenvalue weighted by molar-refractivity contribution is -0.172. The molecule has 7 heterocycles. The van der Waals surface area contributed by atoms with E-state index in [9.17, 15) is 72.5 Å². The molecule has 0 saturated heterocycles. The van der Waals surface area contributed by atoms with E-state index in [1.807, 2.05) is 6.07 Å². The van der Waals surface area contributed by atoms with Gasteiger partial charge in [-0.25, -0.2) is 19.6 Å². The van der Waals surface area contributed by atoms with E-state index >= 15 is 0 Å². The minimum absolute atomic E-state index is 0.0136. The molecular weight excluding hydrogens is 1510 g/mol. The lowest BCUT2D eigenvalue weighted by Gasteiger charge is -2.32. The molecule has 8 N–H and O–H groups in total. The van der Waals surface area contributed by atoms with Crippen LogP contribution in [0.1, 0.15) is 157 Å². The summed E-state index contributed by atoms with van der Waals surface area (Å²) in [7, 11) is 0. The Balaban J connectivity index is 0.514. The number of aliphatic hydroxyl groups is 2. The van der Waals surface area contributed by atoms with E-state index in [0.29, 0.717) is 65.1 Å².